The van der Waals surface area contributed by atoms with Crippen molar-refractivity contribution in [3.05, 3.63) is 71.9 Å². The van der Waals surface area contributed by atoms with Crippen LogP contribution in [0.25, 0.3) is 11.5 Å². The van der Waals surface area contributed by atoms with Gasteiger partial charge < -0.3 is 9.73 Å². The van der Waals surface area contributed by atoms with E-state index in [-0.39, 0.29) is 11.6 Å². The van der Waals surface area contributed by atoms with Gasteiger partial charge in [0.15, 0.2) is 0 Å². The molecule has 1 N–H and O–H groups in total. The van der Waals surface area contributed by atoms with E-state index in [2.05, 4.69) is 15.3 Å². The number of hydrogen-bond donors (Lipinski definition) is 1. The van der Waals surface area contributed by atoms with E-state index >= 15 is 0 Å². The molecule has 3 rings (SSSR count). The second-order valence-corrected chi connectivity index (χ2v) is 5.06. The van der Waals surface area contributed by atoms with Gasteiger partial charge in [0, 0.05) is 30.3 Å². The van der Waals surface area contributed by atoms with E-state index in [9.17, 15) is 4.79 Å². The van der Waals surface area contributed by atoms with Gasteiger partial charge in [0.1, 0.15) is 18.0 Å². The molecule has 2 aromatic heterocycles. The number of nitrogens with one attached hydrogen (secondary N) is 1. The summed E-state index contributed by atoms with van der Waals surface area (Å²) in [6, 6.07) is 14.6. The number of oxazole rings is 1. The number of pyridine rings is 1. The SMILES string of the molecule is N#Cc1cc(C(=O)NCCc2coc(-c3ccccc3)n2)ccn1. The molecule has 0 aliphatic carbocycles. The largest absolute Gasteiger partial charge is 0.444 e. The Kier molecular flexibility index (Phi) is 4.63. The highest BCUT2D eigenvalue weighted by Gasteiger charge is 2.09. The van der Waals surface area contributed by atoms with Crippen LogP contribution in [0.3, 0.4) is 0 Å². The van der Waals surface area contributed by atoms with Gasteiger partial charge in [-0.1, -0.05) is 18.2 Å². The van der Waals surface area contributed by atoms with Crippen molar-refractivity contribution in [3.63, 3.8) is 0 Å². The van der Waals surface area contributed by atoms with Crippen molar-refractivity contribution >= 4 is 5.91 Å². The minimum atomic E-state index is -0.249. The zero-order chi connectivity index (χ0) is 16.8. The fourth-order valence-electron chi connectivity index (χ4n) is 2.17. The highest BCUT2D eigenvalue weighted by molar-refractivity contribution is 5.94. The van der Waals surface area contributed by atoms with Crippen molar-refractivity contribution in [3.8, 4) is 17.5 Å². The van der Waals surface area contributed by atoms with Crippen LogP contribution in [0.5, 0.6) is 0 Å². The lowest BCUT2D eigenvalue weighted by Gasteiger charge is -2.03. The summed E-state index contributed by atoms with van der Waals surface area (Å²) in [5.74, 6) is 0.311. The maximum absolute atomic E-state index is 12.0. The van der Waals surface area contributed by atoms with Crippen molar-refractivity contribution in [1.82, 2.24) is 15.3 Å². The van der Waals surface area contributed by atoms with Gasteiger partial charge in [-0.3, -0.25) is 4.79 Å². The molecular weight excluding hydrogens is 304 g/mol. The smallest absolute Gasteiger partial charge is 0.251 e. The zero-order valence-electron chi connectivity index (χ0n) is 12.8. The average molecular weight is 318 g/mol. The predicted octanol–water partition coefficient (Wildman–Crippen LogP) is 2.58. The molecule has 0 aliphatic heterocycles. The highest BCUT2D eigenvalue weighted by Crippen LogP contribution is 2.17. The van der Waals surface area contributed by atoms with Gasteiger partial charge in [0.25, 0.3) is 5.91 Å². The van der Waals surface area contributed by atoms with Crippen molar-refractivity contribution in [1.29, 1.82) is 5.26 Å². The Morgan fingerprint density at radius 3 is 2.88 bits per heavy atom. The molecule has 6 heteroatoms. The highest BCUT2D eigenvalue weighted by atomic mass is 16.3. The average Bonchev–Trinajstić information content (AvgIpc) is 3.11. The molecular formula is C18H14N4O2. The summed E-state index contributed by atoms with van der Waals surface area (Å²) >= 11 is 0. The molecule has 0 fully saturated rings. The summed E-state index contributed by atoms with van der Waals surface area (Å²) < 4.78 is 5.46. The molecule has 0 saturated heterocycles. The zero-order valence-corrected chi connectivity index (χ0v) is 12.8. The molecule has 1 aromatic carbocycles. The molecule has 2 heterocycles. The van der Waals surface area contributed by atoms with Crippen LogP contribution in [0.1, 0.15) is 21.7 Å². The van der Waals surface area contributed by atoms with Gasteiger partial charge >= 0.3 is 0 Å². The number of carbonyl (C=O) groups excluding carboxylic acids is 1. The Morgan fingerprint density at radius 2 is 2.08 bits per heavy atom. The molecule has 0 aliphatic rings. The van der Waals surface area contributed by atoms with Gasteiger partial charge in [-0.15, -0.1) is 0 Å². The maximum Gasteiger partial charge on any atom is 0.251 e. The van der Waals surface area contributed by atoms with E-state index in [0.717, 1.165) is 11.3 Å². The lowest BCUT2D eigenvalue weighted by atomic mass is 10.2. The molecule has 0 bridgehead atoms. The first-order chi connectivity index (χ1) is 11.8. The van der Waals surface area contributed by atoms with Gasteiger partial charge in [-0.2, -0.15) is 5.26 Å². The van der Waals surface area contributed by atoms with Gasteiger partial charge in [0.05, 0.1) is 5.69 Å². The Balaban J connectivity index is 1.56. The van der Waals surface area contributed by atoms with E-state index in [0.29, 0.717) is 24.4 Å². The van der Waals surface area contributed by atoms with Crippen molar-refractivity contribution in [2.24, 2.45) is 0 Å². The summed E-state index contributed by atoms with van der Waals surface area (Å²) in [4.78, 5) is 20.3. The molecule has 1 amide bonds. The van der Waals surface area contributed by atoms with Crippen molar-refractivity contribution in [2.75, 3.05) is 6.54 Å². The van der Waals surface area contributed by atoms with Crippen LogP contribution in [-0.4, -0.2) is 22.4 Å². The second kappa shape index (κ2) is 7.20. The number of carbonyl (C=O) groups is 1. The standard InChI is InChI=1S/C18H14N4O2/c19-11-16-10-14(6-8-20-16)17(23)21-9-7-15-12-24-18(22-15)13-4-2-1-3-5-13/h1-6,8,10,12H,7,9H2,(H,21,23). The van der Waals surface area contributed by atoms with Crippen LogP contribution in [0.15, 0.2) is 59.3 Å². The normalized spacial score (nSPS) is 10.1. The number of amides is 1. The first-order valence-electron chi connectivity index (χ1n) is 7.40. The number of nitriles is 1. The minimum absolute atomic E-state index is 0.214. The third-order valence-electron chi connectivity index (χ3n) is 3.38. The molecule has 0 atom stereocenters. The van der Waals surface area contributed by atoms with Crippen LogP contribution in [0.4, 0.5) is 0 Å². The monoisotopic (exact) mass is 318 g/mol. The first kappa shape index (κ1) is 15.4. The third kappa shape index (κ3) is 3.65. The van der Waals surface area contributed by atoms with E-state index in [1.165, 1.54) is 12.3 Å². The first-order valence-corrected chi connectivity index (χ1v) is 7.40. The van der Waals surface area contributed by atoms with Gasteiger partial charge in [-0.05, 0) is 24.3 Å². The van der Waals surface area contributed by atoms with E-state index in [4.69, 9.17) is 9.68 Å². The number of nitrogens with zero attached hydrogens (tertiary/aromatic N) is 3. The number of benzene rings is 1. The van der Waals surface area contributed by atoms with E-state index in [1.807, 2.05) is 36.4 Å². The predicted molar refractivity (Wildman–Crippen MR) is 86.9 cm³/mol. The summed E-state index contributed by atoms with van der Waals surface area (Å²) in [7, 11) is 0. The number of rotatable bonds is 5. The fraction of sp³-hybridized carbons (Fsp3) is 0.111. The maximum atomic E-state index is 12.0. The molecule has 0 radical (unpaired) electrons. The lowest BCUT2D eigenvalue weighted by Crippen LogP contribution is -2.25. The van der Waals surface area contributed by atoms with Crippen LogP contribution in [0, 0.1) is 11.3 Å². The van der Waals surface area contributed by atoms with Crippen LogP contribution in [-0.2, 0) is 6.42 Å². The fourth-order valence-corrected chi connectivity index (χ4v) is 2.17. The Morgan fingerprint density at radius 1 is 1.25 bits per heavy atom. The Bertz CT molecular complexity index is 881. The lowest BCUT2D eigenvalue weighted by molar-refractivity contribution is 0.0954. The minimum Gasteiger partial charge on any atom is -0.444 e. The summed E-state index contributed by atoms with van der Waals surface area (Å²) in [5, 5.41) is 11.6. The van der Waals surface area contributed by atoms with Crippen molar-refractivity contribution in [2.45, 2.75) is 6.42 Å². The Hall–Kier alpha value is -3.46. The van der Waals surface area contributed by atoms with Crippen LogP contribution in [0.2, 0.25) is 0 Å². The summed E-state index contributed by atoms with van der Waals surface area (Å²) in [5.41, 5.74) is 2.30. The van der Waals surface area contributed by atoms with Crippen LogP contribution < -0.4 is 5.32 Å². The topological polar surface area (TPSA) is 91.8 Å². The Labute approximate surface area is 138 Å². The molecule has 0 unspecified atom stereocenters. The molecule has 0 saturated carbocycles. The van der Waals surface area contributed by atoms with Crippen molar-refractivity contribution < 1.29 is 9.21 Å². The molecule has 24 heavy (non-hydrogen) atoms. The quantitative estimate of drug-likeness (QED) is 0.780. The number of aromatic nitrogens is 2. The number of hydrogen-bond acceptors (Lipinski definition) is 5. The molecule has 6 nitrogen and oxygen atoms in total. The van der Waals surface area contributed by atoms with Gasteiger partial charge in [0.2, 0.25) is 5.89 Å². The second-order valence-electron chi connectivity index (χ2n) is 5.06. The molecule has 3 aromatic rings. The summed E-state index contributed by atoms with van der Waals surface area (Å²) in [6.45, 7) is 0.420. The molecule has 118 valence electrons. The van der Waals surface area contributed by atoms with Gasteiger partial charge in [-0.25, -0.2) is 9.97 Å². The third-order valence-corrected chi connectivity index (χ3v) is 3.38. The van der Waals surface area contributed by atoms with Crippen LogP contribution >= 0.6 is 0 Å². The van der Waals surface area contributed by atoms with E-state index < -0.39 is 0 Å². The van der Waals surface area contributed by atoms with E-state index in [1.54, 1.807) is 12.3 Å². The summed E-state index contributed by atoms with van der Waals surface area (Å²) in [6.07, 6.45) is 3.59. The molecule has 0 spiro atoms.